The highest BCUT2D eigenvalue weighted by Gasteiger charge is 2.35. The number of aromatic nitrogens is 1. The van der Waals surface area contributed by atoms with Crippen LogP contribution in [0.25, 0.3) is 15.8 Å². The number of nitrogens with one attached hydrogen (secondary N) is 2. The van der Waals surface area contributed by atoms with Crippen LogP contribution >= 0.6 is 11.8 Å². The zero-order valence-electron chi connectivity index (χ0n) is 19.6. The fraction of sp³-hybridized carbons (Fsp3) is 0.0741. The Hall–Kier alpha value is -4.15. The van der Waals surface area contributed by atoms with Crippen molar-refractivity contribution in [1.29, 1.82) is 0 Å². The summed E-state index contributed by atoms with van der Waals surface area (Å²) in [5.74, 6) is -1.60. The summed E-state index contributed by atoms with van der Waals surface area (Å²) in [5.41, 5.74) is 3.26. The molecule has 0 aliphatic carbocycles. The van der Waals surface area contributed by atoms with Crippen molar-refractivity contribution in [1.82, 2.24) is 4.98 Å². The van der Waals surface area contributed by atoms with Gasteiger partial charge in [0, 0.05) is 28.4 Å². The number of nitrogens with zero attached hydrogens (tertiary/aromatic N) is 1. The van der Waals surface area contributed by atoms with E-state index in [1.54, 1.807) is 48.7 Å². The van der Waals surface area contributed by atoms with Gasteiger partial charge in [0.05, 0.1) is 11.3 Å². The molecule has 1 aliphatic heterocycles. The van der Waals surface area contributed by atoms with Crippen molar-refractivity contribution in [2.75, 3.05) is 5.32 Å². The van der Waals surface area contributed by atoms with E-state index >= 15 is 0 Å². The standard InChI is InChI=1S/C27H21N3O5S2/c1-16-6-12-19(13-7-16)37(34,35)25(21-15-28-22-5-3-2-4-20(21)22)24-26(33)30-27(36-24)29-18-10-8-17(9-11-18)14-23(31)32/h2-13,15,28H,14H2,1H3,(H,31,32)(H,29,30,33). The molecule has 3 N–H and O–H groups in total. The summed E-state index contributed by atoms with van der Waals surface area (Å²) < 4.78 is 27.9. The van der Waals surface area contributed by atoms with Gasteiger partial charge in [-0.1, -0.05) is 48.0 Å². The van der Waals surface area contributed by atoms with Crippen LogP contribution in [-0.4, -0.2) is 35.6 Å². The van der Waals surface area contributed by atoms with Crippen molar-refractivity contribution in [3.63, 3.8) is 0 Å². The molecule has 37 heavy (non-hydrogen) atoms. The second kappa shape index (κ2) is 9.72. The number of carboxylic acids is 1. The predicted molar refractivity (Wildman–Crippen MR) is 145 cm³/mol. The van der Waals surface area contributed by atoms with Gasteiger partial charge in [-0.3, -0.25) is 9.59 Å². The van der Waals surface area contributed by atoms with Gasteiger partial charge < -0.3 is 15.4 Å². The van der Waals surface area contributed by atoms with E-state index in [2.05, 4.69) is 15.3 Å². The first-order chi connectivity index (χ1) is 17.7. The quantitative estimate of drug-likeness (QED) is 0.299. The molecule has 186 valence electrons. The van der Waals surface area contributed by atoms with Crippen LogP contribution in [0.15, 0.2) is 93.8 Å². The van der Waals surface area contributed by atoms with Gasteiger partial charge in [0.1, 0.15) is 9.81 Å². The number of hydrogen-bond acceptors (Lipinski definition) is 6. The molecule has 5 rings (SSSR count). The Morgan fingerprint density at radius 3 is 2.43 bits per heavy atom. The number of hydrogen-bond donors (Lipinski definition) is 3. The number of anilines is 1. The highest BCUT2D eigenvalue weighted by molar-refractivity contribution is 8.19. The Balaban J connectivity index is 1.56. The van der Waals surface area contributed by atoms with Crippen molar-refractivity contribution >= 4 is 60.1 Å². The van der Waals surface area contributed by atoms with Gasteiger partial charge in [0.15, 0.2) is 5.17 Å². The zero-order valence-corrected chi connectivity index (χ0v) is 21.2. The van der Waals surface area contributed by atoms with Crippen LogP contribution in [0.3, 0.4) is 0 Å². The van der Waals surface area contributed by atoms with E-state index in [9.17, 15) is 18.0 Å². The summed E-state index contributed by atoms with van der Waals surface area (Å²) in [6, 6.07) is 20.4. The van der Waals surface area contributed by atoms with E-state index in [1.807, 2.05) is 25.1 Å². The number of aliphatic carboxylic acids is 1. The number of thioether (sulfide) groups is 1. The number of amides is 1. The Morgan fingerprint density at radius 2 is 1.73 bits per heavy atom. The normalized spacial score (nSPS) is 15.1. The first-order valence-corrected chi connectivity index (χ1v) is 13.5. The number of fused-ring (bicyclic) bond motifs is 1. The lowest BCUT2D eigenvalue weighted by Crippen LogP contribution is -2.09. The van der Waals surface area contributed by atoms with Crippen LogP contribution in [0.1, 0.15) is 16.7 Å². The SMILES string of the molecule is Cc1ccc(S(=O)(=O)C(=C2SC(Nc3ccc(CC(=O)O)cc3)=NC2=O)c2c[nH]c3ccccc23)cc1. The number of amidine groups is 1. The van der Waals surface area contributed by atoms with Crippen molar-refractivity contribution in [2.45, 2.75) is 18.2 Å². The van der Waals surface area contributed by atoms with Crippen molar-refractivity contribution in [3.05, 3.63) is 101 Å². The molecule has 0 saturated heterocycles. The number of aliphatic imine (C=N–C) groups is 1. The molecule has 0 fully saturated rings. The van der Waals surface area contributed by atoms with Gasteiger partial charge >= 0.3 is 5.97 Å². The molecule has 8 nitrogen and oxygen atoms in total. The van der Waals surface area contributed by atoms with Crippen LogP contribution < -0.4 is 5.32 Å². The minimum Gasteiger partial charge on any atom is -0.481 e. The van der Waals surface area contributed by atoms with Crippen molar-refractivity contribution in [2.24, 2.45) is 4.99 Å². The van der Waals surface area contributed by atoms with E-state index in [-0.39, 0.29) is 26.3 Å². The number of carbonyl (C=O) groups is 2. The maximum Gasteiger partial charge on any atom is 0.307 e. The summed E-state index contributed by atoms with van der Waals surface area (Å²) in [6.45, 7) is 1.87. The first-order valence-electron chi connectivity index (χ1n) is 11.2. The largest absolute Gasteiger partial charge is 0.481 e. The number of H-pyrrole nitrogens is 1. The molecule has 10 heteroatoms. The molecule has 2 heterocycles. The third kappa shape index (κ3) is 4.93. The summed E-state index contributed by atoms with van der Waals surface area (Å²) in [6.07, 6.45) is 1.49. The minimum absolute atomic E-state index is 0.00433. The minimum atomic E-state index is -4.10. The van der Waals surface area contributed by atoms with Crippen LogP contribution in [0.4, 0.5) is 5.69 Å². The second-order valence-corrected chi connectivity index (χ2v) is 11.3. The Morgan fingerprint density at radius 1 is 1.03 bits per heavy atom. The molecule has 4 aromatic rings. The number of carbonyl (C=O) groups excluding carboxylic acids is 1. The number of para-hydroxylation sites is 1. The summed E-state index contributed by atoms with van der Waals surface area (Å²) in [5, 5.41) is 12.9. The number of aryl methyl sites for hydroxylation is 1. The first kappa shape index (κ1) is 24.5. The van der Waals surface area contributed by atoms with E-state index < -0.39 is 21.7 Å². The smallest absolute Gasteiger partial charge is 0.307 e. The van der Waals surface area contributed by atoms with E-state index in [0.717, 1.165) is 22.8 Å². The molecule has 1 amide bonds. The van der Waals surface area contributed by atoms with Gasteiger partial charge in [-0.15, -0.1) is 0 Å². The van der Waals surface area contributed by atoms with Crippen LogP contribution in [0.2, 0.25) is 0 Å². The molecule has 0 unspecified atom stereocenters. The van der Waals surface area contributed by atoms with Crippen LogP contribution in [-0.2, 0) is 25.8 Å². The van der Waals surface area contributed by atoms with Crippen molar-refractivity contribution in [3.8, 4) is 0 Å². The Bertz CT molecular complexity index is 1700. The molecule has 3 aromatic carbocycles. The maximum absolute atomic E-state index is 14.0. The van der Waals surface area contributed by atoms with Crippen LogP contribution in [0.5, 0.6) is 0 Å². The average Bonchev–Trinajstić information content (AvgIpc) is 3.44. The molecule has 0 bridgehead atoms. The summed E-state index contributed by atoms with van der Waals surface area (Å²) >= 11 is 0.950. The molecule has 1 aliphatic rings. The van der Waals surface area contributed by atoms with Gasteiger partial charge in [0.25, 0.3) is 5.91 Å². The number of carboxylic acid groups (broad SMARTS) is 1. The van der Waals surface area contributed by atoms with Gasteiger partial charge in [-0.05, 0) is 54.6 Å². The monoisotopic (exact) mass is 531 g/mol. The lowest BCUT2D eigenvalue weighted by molar-refractivity contribution is -0.136. The topological polar surface area (TPSA) is 129 Å². The highest BCUT2D eigenvalue weighted by Crippen LogP contribution is 2.41. The maximum atomic E-state index is 14.0. The number of benzene rings is 3. The third-order valence-corrected chi connectivity index (χ3v) is 8.75. The molecule has 0 saturated carbocycles. The highest BCUT2D eigenvalue weighted by atomic mass is 32.2. The lowest BCUT2D eigenvalue weighted by atomic mass is 10.1. The van der Waals surface area contributed by atoms with Gasteiger partial charge in [-0.25, -0.2) is 8.42 Å². The lowest BCUT2D eigenvalue weighted by Gasteiger charge is -2.12. The van der Waals surface area contributed by atoms with Crippen LogP contribution in [0, 0.1) is 6.92 Å². The van der Waals surface area contributed by atoms with Gasteiger partial charge in [0.2, 0.25) is 9.84 Å². The van der Waals surface area contributed by atoms with E-state index in [0.29, 0.717) is 22.2 Å². The number of sulfone groups is 1. The molecule has 1 aromatic heterocycles. The fourth-order valence-corrected chi connectivity index (χ4v) is 6.79. The second-order valence-electron chi connectivity index (χ2n) is 8.44. The predicted octanol–water partition coefficient (Wildman–Crippen LogP) is 4.99. The molecule has 0 atom stereocenters. The van der Waals surface area contributed by atoms with Gasteiger partial charge in [-0.2, -0.15) is 4.99 Å². The average molecular weight is 532 g/mol. The van der Waals surface area contributed by atoms with E-state index in [1.165, 1.54) is 12.1 Å². The Labute approximate surface area is 217 Å². The third-order valence-electron chi connectivity index (χ3n) is 5.80. The molecule has 0 spiro atoms. The summed E-state index contributed by atoms with van der Waals surface area (Å²) in [7, 11) is -4.10. The molecular formula is C27H21N3O5S2. The number of rotatable bonds is 6. The Kier molecular flexibility index (Phi) is 6.45. The fourth-order valence-electron chi connectivity index (χ4n) is 3.99. The summed E-state index contributed by atoms with van der Waals surface area (Å²) in [4.78, 5) is 31.2. The molecule has 0 radical (unpaired) electrons. The van der Waals surface area contributed by atoms with Crippen molar-refractivity contribution < 1.29 is 23.1 Å². The zero-order chi connectivity index (χ0) is 26.2. The molecular weight excluding hydrogens is 510 g/mol. The number of aromatic amines is 1. The van der Waals surface area contributed by atoms with E-state index in [4.69, 9.17) is 5.11 Å².